The molecule has 4 atom stereocenters. The summed E-state index contributed by atoms with van der Waals surface area (Å²) in [6, 6.07) is 9.92. The molecule has 2 aromatic heterocycles. The fourth-order valence-electron chi connectivity index (χ4n) is 8.51. The van der Waals surface area contributed by atoms with Crippen LogP contribution >= 0.6 is 0 Å². The van der Waals surface area contributed by atoms with Gasteiger partial charge in [0.15, 0.2) is 0 Å². The van der Waals surface area contributed by atoms with Crippen LogP contribution in [0.15, 0.2) is 48.8 Å². The van der Waals surface area contributed by atoms with Crippen molar-refractivity contribution in [3.8, 4) is 34.0 Å². The number of morpholine rings is 2. The molecule has 2 aromatic carbocycles. The first-order chi connectivity index (χ1) is 28.9. The van der Waals surface area contributed by atoms with Gasteiger partial charge in [0.1, 0.15) is 47.3 Å². The number of H-pyrrole nitrogens is 2. The van der Waals surface area contributed by atoms with Crippen LogP contribution in [0.25, 0.3) is 22.5 Å². The molecule has 3 fully saturated rings. The van der Waals surface area contributed by atoms with E-state index in [1.807, 2.05) is 45.9 Å². The van der Waals surface area contributed by atoms with Gasteiger partial charge in [0.25, 0.3) is 0 Å². The Morgan fingerprint density at radius 1 is 0.717 bits per heavy atom. The van der Waals surface area contributed by atoms with Gasteiger partial charge in [-0.15, -0.1) is 0 Å². The lowest BCUT2D eigenvalue weighted by atomic mass is 9.83. The van der Waals surface area contributed by atoms with Gasteiger partial charge in [-0.3, -0.25) is 9.59 Å². The van der Waals surface area contributed by atoms with Crippen molar-refractivity contribution in [1.82, 2.24) is 40.4 Å². The first-order valence-corrected chi connectivity index (χ1v) is 20.4. The molecule has 0 radical (unpaired) electrons. The van der Waals surface area contributed by atoms with Crippen LogP contribution in [0.2, 0.25) is 0 Å². The maximum Gasteiger partial charge on any atom is 0.407 e. The monoisotopic (exact) mass is 824 g/mol. The number of rotatable bonds is 10. The first kappa shape index (κ1) is 40.8. The number of hydrogen-bond donors (Lipinski definition) is 4. The standard InChI is InChI=1S/C43H52N8O9/c1-23(2)35(48-41(54)56-5)39(52)50-13-15-58-21-31(50)37-44-19-29(46-37)25-8-10-33-28(17-25)43(11-12-43)27-9-7-26(18-34(27)60-33)30-20-45-38(47-30)32-22-59-16-14-51(32)40(53)36(24(3)4)49-42(55)57-6/h7-10,17-20,23-24,31-32,35-36H,11-16,21-22H2,1-6H3,(H,44,46)(H,45,47)(H,48,54)(H,49,55)/t31-,32-,35-,36-/m0/s1. The largest absolute Gasteiger partial charge is 0.457 e. The summed E-state index contributed by atoms with van der Waals surface area (Å²) in [5, 5.41) is 5.37. The van der Waals surface area contributed by atoms with E-state index in [4.69, 9.17) is 33.7 Å². The van der Waals surface area contributed by atoms with Crippen LogP contribution in [0.3, 0.4) is 0 Å². The van der Waals surface area contributed by atoms with E-state index in [1.54, 1.807) is 22.2 Å². The van der Waals surface area contributed by atoms with Gasteiger partial charge in [0.2, 0.25) is 11.8 Å². The van der Waals surface area contributed by atoms with Crippen LogP contribution in [-0.2, 0) is 34.0 Å². The van der Waals surface area contributed by atoms with Crippen molar-refractivity contribution < 1.29 is 42.9 Å². The molecule has 4 aliphatic rings. The van der Waals surface area contributed by atoms with Gasteiger partial charge in [-0.2, -0.15) is 0 Å². The number of benzene rings is 2. The van der Waals surface area contributed by atoms with Gasteiger partial charge in [-0.1, -0.05) is 39.8 Å². The van der Waals surface area contributed by atoms with Crippen molar-refractivity contribution in [2.24, 2.45) is 11.8 Å². The summed E-state index contributed by atoms with van der Waals surface area (Å²) in [6.45, 7) is 9.51. The van der Waals surface area contributed by atoms with Crippen LogP contribution in [0.4, 0.5) is 9.59 Å². The molecule has 17 heteroatoms. The number of amides is 4. The number of carbonyl (C=O) groups excluding carboxylic acids is 4. The van der Waals surface area contributed by atoms with Gasteiger partial charge in [-0.05, 0) is 48.9 Å². The summed E-state index contributed by atoms with van der Waals surface area (Å²) in [6.07, 6.45) is 4.16. The summed E-state index contributed by atoms with van der Waals surface area (Å²) in [7, 11) is 2.55. The van der Waals surface area contributed by atoms with E-state index in [-0.39, 0.29) is 42.3 Å². The van der Waals surface area contributed by atoms with E-state index in [0.717, 1.165) is 58.0 Å². The van der Waals surface area contributed by atoms with Crippen molar-refractivity contribution in [1.29, 1.82) is 0 Å². The molecule has 17 nitrogen and oxygen atoms in total. The predicted octanol–water partition coefficient (Wildman–Crippen LogP) is 5.21. The van der Waals surface area contributed by atoms with Crippen molar-refractivity contribution in [2.75, 3.05) is 53.7 Å². The van der Waals surface area contributed by atoms with Crippen LogP contribution in [0.1, 0.15) is 75.4 Å². The maximum atomic E-state index is 13.8. The molecule has 1 saturated carbocycles. The zero-order chi connectivity index (χ0) is 42.3. The van der Waals surface area contributed by atoms with Crippen molar-refractivity contribution >= 4 is 24.0 Å². The van der Waals surface area contributed by atoms with Gasteiger partial charge in [0.05, 0.1) is 64.4 Å². The van der Waals surface area contributed by atoms with Gasteiger partial charge in [-0.25, -0.2) is 19.6 Å². The van der Waals surface area contributed by atoms with E-state index >= 15 is 0 Å². The molecule has 0 bridgehead atoms. The Hall–Kier alpha value is -5.94. The third-order valence-corrected chi connectivity index (χ3v) is 12.0. The molecule has 318 valence electrons. The second-order valence-corrected chi connectivity index (χ2v) is 16.4. The molecule has 4 aromatic rings. The molecule has 0 unspecified atom stereocenters. The highest BCUT2D eigenvalue weighted by Crippen LogP contribution is 2.62. The number of ether oxygens (including phenoxy) is 5. The maximum absolute atomic E-state index is 13.8. The van der Waals surface area contributed by atoms with E-state index in [9.17, 15) is 19.2 Å². The summed E-state index contributed by atoms with van der Waals surface area (Å²) in [5.41, 5.74) is 5.43. The number of alkyl carbamates (subject to hydrolysis) is 2. The van der Waals surface area contributed by atoms with Crippen LogP contribution < -0.4 is 15.4 Å². The second kappa shape index (κ2) is 16.6. The Morgan fingerprint density at radius 3 is 1.70 bits per heavy atom. The van der Waals surface area contributed by atoms with E-state index < -0.39 is 36.4 Å². The summed E-state index contributed by atoms with van der Waals surface area (Å²) in [5.74, 6) is 1.97. The topological polar surface area (TPSA) is 202 Å². The average molecular weight is 825 g/mol. The Balaban J connectivity index is 1.00. The number of nitrogens with one attached hydrogen (secondary N) is 4. The van der Waals surface area contributed by atoms with Gasteiger partial charge < -0.3 is 54.1 Å². The normalized spacial score (nSPS) is 20.1. The van der Waals surface area contributed by atoms with Crippen LogP contribution in [0, 0.1) is 11.8 Å². The molecule has 3 aliphatic heterocycles. The Kier molecular flexibility index (Phi) is 11.3. The third-order valence-electron chi connectivity index (χ3n) is 12.0. The van der Waals surface area contributed by atoms with Crippen molar-refractivity contribution in [3.63, 3.8) is 0 Å². The zero-order valence-corrected chi connectivity index (χ0v) is 34.7. The average Bonchev–Trinajstić information content (AvgIpc) is 3.62. The number of methoxy groups -OCH3 is 2. The number of aromatic amines is 2. The highest BCUT2D eigenvalue weighted by atomic mass is 16.5. The first-order valence-electron chi connectivity index (χ1n) is 20.4. The van der Waals surface area contributed by atoms with Gasteiger partial charge in [0, 0.05) is 40.8 Å². The quantitative estimate of drug-likeness (QED) is 0.164. The van der Waals surface area contributed by atoms with E-state index in [0.29, 0.717) is 38.0 Å². The van der Waals surface area contributed by atoms with E-state index in [1.165, 1.54) is 14.2 Å². The fraction of sp³-hybridized carbons (Fsp3) is 0.488. The molecule has 8 rings (SSSR count). The highest BCUT2D eigenvalue weighted by molar-refractivity contribution is 5.87. The predicted molar refractivity (Wildman–Crippen MR) is 217 cm³/mol. The van der Waals surface area contributed by atoms with Crippen LogP contribution in [0.5, 0.6) is 11.5 Å². The second-order valence-electron chi connectivity index (χ2n) is 16.4. The minimum absolute atomic E-state index is 0.163. The number of hydrogen-bond acceptors (Lipinski definition) is 11. The Morgan fingerprint density at radius 2 is 1.22 bits per heavy atom. The molecule has 5 heterocycles. The van der Waals surface area contributed by atoms with Crippen molar-refractivity contribution in [2.45, 2.75) is 70.1 Å². The molecule has 4 N–H and O–H groups in total. The lowest BCUT2D eigenvalue weighted by molar-refractivity contribution is -0.144. The Labute approximate surface area is 347 Å². The number of aromatic nitrogens is 4. The molecular formula is C43H52N8O9. The fourth-order valence-corrected chi connectivity index (χ4v) is 8.51. The molecule has 60 heavy (non-hydrogen) atoms. The summed E-state index contributed by atoms with van der Waals surface area (Å²) < 4.78 is 27.8. The third kappa shape index (κ3) is 7.67. The SMILES string of the molecule is COC(=O)N[C@H](C(=O)N1CCOC[C@H]1c1ncc(-c2ccc3c(c2)Oc2ccc(-c4cnc([C@@H]5COCCN5C(=O)[C@@H](NC(=O)OC)C(C)C)[nH]4)cc2C32CC2)[nH]1)C(C)C. The number of imidazole rings is 2. The molecule has 1 spiro atoms. The Bertz CT molecular complexity index is 2260. The lowest BCUT2D eigenvalue weighted by Gasteiger charge is -2.37. The smallest absolute Gasteiger partial charge is 0.407 e. The summed E-state index contributed by atoms with van der Waals surface area (Å²) in [4.78, 5) is 71.4. The minimum Gasteiger partial charge on any atom is -0.457 e. The molecular weight excluding hydrogens is 773 g/mol. The lowest BCUT2D eigenvalue weighted by Crippen LogP contribution is -2.54. The minimum atomic E-state index is -0.766. The molecule has 2 saturated heterocycles. The summed E-state index contributed by atoms with van der Waals surface area (Å²) >= 11 is 0. The number of carbonyl (C=O) groups is 4. The highest BCUT2D eigenvalue weighted by Gasteiger charge is 2.52. The van der Waals surface area contributed by atoms with E-state index in [2.05, 4.69) is 38.8 Å². The van der Waals surface area contributed by atoms with Crippen LogP contribution in [-0.4, -0.2) is 120 Å². The van der Waals surface area contributed by atoms with Crippen molar-refractivity contribution in [3.05, 3.63) is 71.6 Å². The molecule has 1 aliphatic carbocycles. The number of fused-ring (bicyclic) bond motifs is 4. The number of nitrogens with zero attached hydrogens (tertiary/aromatic N) is 4. The molecule has 4 amide bonds. The van der Waals surface area contributed by atoms with Gasteiger partial charge >= 0.3 is 12.2 Å². The zero-order valence-electron chi connectivity index (χ0n) is 34.7.